The number of hydrogen-bond acceptors (Lipinski definition) is 2. The highest BCUT2D eigenvalue weighted by Gasteiger charge is 2.25. The second kappa shape index (κ2) is 5.30. The summed E-state index contributed by atoms with van der Waals surface area (Å²) < 4.78 is 0. The third kappa shape index (κ3) is 2.29. The van der Waals surface area contributed by atoms with Gasteiger partial charge in [-0.25, -0.2) is 9.59 Å². The maximum absolute atomic E-state index is 11.3. The largest absolute Gasteiger partial charge is 0.478 e. The van der Waals surface area contributed by atoms with Crippen molar-refractivity contribution in [1.82, 2.24) is 0 Å². The van der Waals surface area contributed by atoms with Crippen molar-refractivity contribution in [3.8, 4) is 0 Å². The summed E-state index contributed by atoms with van der Waals surface area (Å²) in [6, 6.07) is 2.67. The number of rotatable bonds is 2. The molecule has 0 aliphatic heterocycles. The van der Waals surface area contributed by atoms with E-state index in [9.17, 15) is 19.8 Å². The smallest absolute Gasteiger partial charge is 0.337 e. The third-order valence-electron chi connectivity index (χ3n) is 2.64. The Morgan fingerprint density at radius 1 is 0.800 bits per heavy atom. The number of carboxylic acid groups (broad SMARTS) is 2. The first-order chi connectivity index (χ1) is 9.25. The highest BCUT2D eigenvalue weighted by atomic mass is 35.5. The summed E-state index contributed by atoms with van der Waals surface area (Å²) in [7, 11) is 0. The molecular weight excluding hydrogens is 350 g/mol. The monoisotopic (exact) mass is 352 g/mol. The minimum absolute atomic E-state index is 0.0219. The molecule has 0 radical (unpaired) electrons. The Labute approximate surface area is 132 Å². The lowest BCUT2D eigenvalue weighted by Gasteiger charge is -2.12. The van der Waals surface area contributed by atoms with Crippen molar-refractivity contribution in [1.29, 1.82) is 0 Å². The average Bonchev–Trinajstić information content (AvgIpc) is 2.32. The van der Waals surface area contributed by atoms with Gasteiger partial charge in [-0.05, 0) is 17.5 Å². The summed E-state index contributed by atoms with van der Waals surface area (Å²) in [5.74, 6) is -2.83. The Morgan fingerprint density at radius 3 is 1.45 bits per heavy atom. The molecule has 0 unspecified atom stereocenters. The van der Waals surface area contributed by atoms with Gasteiger partial charge in [0.25, 0.3) is 0 Å². The molecule has 2 aromatic rings. The highest BCUT2D eigenvalue weighted by molar-refractivity contribution is 6.48. The zero-order valence-electron chi connectivity index (χ0n) is 9.38. The Bertz CT molecular complexity index is 709. The maximum atomic E-state index is 11.3. The van der Waals surface area contributed by atoms with E-state index in [0.29, 0.717) is 0 Å². The molecule has 20 heavy (non-hydrogen) atoms. The molecule has 0 aromatic heterocycles. The molecule has 0 atom stereocenters. The molecule has 0 heterocycles. The van der Waals surface area contributed by atoms with Gasteiger partial charge in [-0.2, -0.15) is 0 Å². The standard InChI is InChI=1S/C12H4Cl4O4/c13-4-1-3-2-5(14)10(16)8(12(19)20)6(3)7(9(4)15)11(17)18/h1-2H,(H,17,18)(H,19,20). The molecule has 104 valence electrons. The van der Waals surface area contributed by atoms with E-state index < -0.39 is 23.1 Å². The second-order valence-electron chi connectivity index (χ2n) is 3.80. The van der Waals surface area contributed by atoms with Crippen molar-refractivity contribution in [2.24, 2.45) is 0 Å². The van der Waals surface area contributed by atoms with Crippen LogP contribution in [-0.4, -0.2) is 22.2 Å². The molecule has 4 nitrogen and oxygen atoms in total. The molecule has 0 fully saturated rings. The van der Waals surface area contributed by atoms with E-state index in [1.165, 1.54) is 12.1 Å². The van der Waals surface area contributed by atoms with Crippen LogP contribution >= 0.6 is 46.4 Å². The predicted octanol–water partition coefficient (Wildman–Crippen LogP) is 4.85. The molecule has 0 aliphatic carbocycles. The molecule has 2 N–H and O–H groups in total. The molecule has 2 aromatic carbocycles. The van der Waals surface area contributed by atoms with E-state index in [2.05, 4.69) is 0 Å². The van der Waals surface area contributed by atoms with Crippen molar-refractivity contribution in [3.05, 3.63) is 43.4 Å². The quantitative estimate of drug-likeness (QED) is 0.809. The number of carbonyl (C=O) groups is 2. The van der Waals surface area contributed by atoms with Gasteiger partial charge in [-0.15, -0.1) is 0 Å². The van der Waals surface area contributed by atoms with Crippen LogP contribution < -0.4 is 0 Å². The molecule has 0 spiro atoms. The summed E-state index contributed by atoms with van der Waals surface area (Å²) in [5.41, 5.74) is -0.852. The van der Waals surface area contributed by atoms with Gasteiger partial charge in [0.05, 0.1) is 31.2 Å². The van der Waals surface area contributed by atoms with E-state index in [1.54, 1.807) is 0 Å². The van der Waals surface area contributed by atoms with E-state index >= 15 is 0 Å². The van der Waals surface area contributed by atoms with Gasteiger partial charge in [0.1, 0.15) is 0 Å². The molecule has 0 bridgehead atoms. The van der Waals surface area contributed by atoms with Crippen molar-refractivity contribution in [2.75, 3.05) is 0 Å². The normalized spacial score (nSPS) is 10.8. The summed E-state index contributed by atoms with van der Waals surface area (Å²) in [5, 5.41) is 18.0. The topological polar surface area (TPSA) is 74.6 Å². The lowest BCUT2D eigenvalue weighted by atomic mass is 9.99. The number of fused-ring (bicyclic) bond motifs is 1. The number of aromatic carboxylic acids is 2. The minimum atomic E-state index is -1.41. The Hall–Kier alpha value is -1.20. The zero-order valence-corrected chi connectivity index (χ0v) is 12.4. The van der Waals surface area contributed by atoms with Crippen molar-refractivity contribution in [2.45, 2.75) is 0 Å². The van der Waals surface area contributed by atoms with E-state index in [-0.39, 0.29) is 30.9 Å². The molecule has 0 saturated heterocycles. The second-order valence-corrected chi connectivity index (χ2v) is 5.37. The van der Waals surface area contributed by atoms with Crippen molar-refractivity contribution < 1.29 is 19.8 Å². The zero-order chi connectivity index (χ0) is 15.2. The van der Waals surface area contributed by atoms with E-state index in [1.807, 2.05) is 0 Å². The van der Waals surface area contributed by atoms with Crippen LogP contribution in [0.3, 0.4) is 0 Å². The van der Waals surface area contributed by atoms with E-state index in [4.69, 9.17) is 46.4 Å². The van der Waals surface area contributed by atoms with Gasteiger partial charge in [0, 0.05) is 5.39 Å². The fourth-order valence-electron chi connectivity index (χ4n) is 1.86. The van der Waals surface area contributed by atoms with Gasteiger partial charge >= 0.3 is 11.9 Å². The van der Waals surface area contributed by atoms with Gasteiger partial charge in [0.2, 0.25) is 0 Å². The van der Waals surface area contributed by atoms with Crippen LogP contribution in [0.1, 0.15) is 20.7 Å². The summed E-state index contributed by atoms with van der Waals surface area (Å²) in [6.07, 6.45) is 0. The maximum Gasteiger partial charge on any atom is 0.337 e. The van der Waals surface area contributed by atoms with Gasteiger partial charge < -0.3 is 10.2 Å². The van der Waals surface area contributed by atoms with Crippen LogP contribution in [0.25, 0.3) is 10.8 Å². The summed E-state index contributed by atoms with van der Waals surface area (Å²) >= 11 is 23.4. The van der Waals surface area contributed by atoms with Crippen LogP contribution in [0.4, 0.5) is 0 Å². The van der Waals surface area contributed by atoms with Crippen molar-refractivity contribution >= 4 is 69.1 Å². The molecule has 0 saturated carbocycles. The van der Waals surface area contributed by atoms with Crippen LogP contribution in [0.15, 0.2) is 12.1 Å². The summed E-state index contributed by atoms with van der Waals surface area (Å²) in [4.78, 5) is 22.7. The Balaban J connectivity index is 3.16. The lowest BCUT2D eigenvalue weighted by Crippen LogP contribution is -2.06. The Morgan fingerprint density at radius 2 is 1.15 bits per heavy atom. The molecule has 2 rings (SSSR count). The van der Waals surface area contributed by atoms with Crippen molar-refractivity contribution in [3.63, 3.8) is 0 Å². The number of benzene rings is 2. The number of halogens is 4. The third-order valence-corrected chi connectivity index (χ3v) is 4.21. The molecule has 0 amide bonds. The number of carboxylic acids is 2. The molecular formula is C12H4Cl4O4. The van der Waals surface area contributed by atoms with Gasteiger partial charge in [-0.3, -0.25) is 0 Å². The van der Waals surface area contributed by atoms with Crippen LogP contribution in [-0.2, 0) is 0 Å². The van der Waals surface area contributed by atoms with Crippen LogP contribution in [0.5, 0.6) is 0 Å². The SMILES string of the molecule is O=C(O)c1c(Cl)c(Cl)cc2cc(Cl)c(Cl)c(C(=O)O)c12. The Kier molecular flexibility index (Phi) is 4.02. The van der Waals surface area contributed by atoms with Gasteiger partial charge in [-0.1, -0.05) is 46.4 Å². The number of hydrogen-bond donors (Lipinski definition) is 2. The first kappa shape index (κ1) is 15.2. The highest BCUT2D eigenvalue weighted by Crippen LogP contribution is 2.40. The molecule has 0 aliphatic rings. The first-order valence-corrected chi connectivity index (χ1v) is 6.53. The van der Waals surface area contributed by atoms with Crippen LogP contribution in [0, 0.1) is 0 Å². The molecule has 8 heteroatoms. The predicted molar refractivity (Wildman–Crippen MR) is 77.9 cm³/mol. The lowest BCUT2D eigenvalue weighted by molar-refractivity contribution is 0.0695. The average molecular weight is 354 g/mol. The first-order valence-electron chi connectivity index (χ1n) is 5.02. The fourth-order valence-corrected chi connectivity index (χ4v) is 2.74. The summed E-state index contributed by atoms with van der Waals surface area (Å²) in [6.45, 7) is 0. The fraction of sp³-hybridized carbons (Fsp3) is 0. The van der Waals surface area contributed by atoms with E-state index in [0.717, 1.165) is 0 Å². The minimum Gasteiger partial charge on any atom is -0.478 e. The van der Waals surface area contributed by atoms with Gasteiger partial charge in [0.15, 0.2) is 0 Å². The van der Waals surface area contributed by atoms with Crippen LogP contribution in [0.2, 0.25) is 20.1 Å².